The Morgan fingerprint density at radius 2 is 1.72 bits per heavy atom. The molecule has 0 unspecified atom stereocenters. The molecule has 0 bridgehead atoms. The molecule has 2 aromatic carbocycles. The van der Waals surface area contributed by atoms with E-state index in [1.807, 2.05) is 10.7 Å². The van der Waals surface area contributed by atoms with Crippen molar-refractivity contribution in [1.82, 2.24) is 9.78 Å². The highest BCUT2D eigenvalue weighted by atomic mass is 19.5. The summed E-state index contributed by atoms with van der Waals surface area (Å²) in [5.74, 6) is 1.56. The lowest BCUT2D eigenvalue weighted by molar-refractivity contribution is -0.739. The summed E-state index contributed by atoms with van der Waals surface area (Å²) < 4.78 is 49.3. The van der Waals surface area contributed by atoms with E-state index >= 15 is 0 Å². The predicted octanol–water partition coefficient (Wildman–Crippen LogP) is 5.66. The molecule has 7 nitrogen and oxygen atoms in total. The van der Waals surface area contributed by atoms with Crippen molar-refractivity contribution in [3.05, 3.63) is 80.9 Å². The lowest BCUT2D eigenvalue weighted by atomic mass is 9.93. The fourth-order valence-electron chi connectivity index (χ4n) is 4.95. The zero-order valence-electron chi connectivity index (χ0n) is 20.4. The molecule has 0 saturated carbocycles. The number of para-hydroxylation sites is 1. The molecule has 0 N–H and O–H groups in total. The van der Waals surface area contributed by atoms with Gasteiger partial charge in [-0.05, 0) is 28.5 Å². The maximum absolute atomic E-state index is 11.3. The van der Waals surface area contributed by atoms with E-state index in [-0.39, 0.29) is 22.8 Å². The van der Waals surface area contributed by atoms with Crippen molar-refractivity contribution in [2.45, 2.75) is 64.7 Å². The Morgan fingerprint density at radius 3 is 2.28 bits per heavy atom. The second-order valence-corrected chi connectivity index (χ2v) is 9.61. The summed E-state index contributed by atoms with van der Waals surface area (Å²) in [6.45, 7) is 9.23. The Balaban J connectivity index is 0.000000556. The van der Waals surface area contributed by atoms with Gasteiger partial charge < -0.3 is 22.0 Å². The number of non-ortho nitro benzene ring substituents is 1. The van der Waals surface area contributed by atoms with Gasteiger partial charge in [0.2, 0.25) is 6.33 Å². The summed E-state index contributed by atoms with van der Waals surface area (Å²) in [7, 11) is -6.00. The van der Waals surface area contributed by atoms with Crippen LogP contribution in [-0.4, -0.2) is 28.1 Å². The highest BCUT2D eigenvalue weighted by Gasteiger charge is 2.44. The summed E-state index contributed by atoms with van der Waals surface area (Å²) in [6.07, 6.45) is 2.78. The number of aromatic nitrogens is 3. The van der Waals surface area contributed by atoms with Gasteiger partial charge in [0.05, 0.1) is 4.92 Å². The number of halogens is 4. The molecule has 3 aromatic rings. The minimum Gasteiger partial charge on any atom is -0.418 e. The molecule has 12 heteroatoms. The SMILES string of the molecule is CC(C)c1cccc(C(C)C)c1-n1c[n+]2c(n1)CO[C@@H]1Cc3ccc([N+](=O)[O-])cc3[C@@H]12.F[B-](F)(F)F. The first kappa shape index (κ1) is 25.8. The molecule has 2 atom stereocenters. The summed E-state index contributed by atoms with van der Waals surface area (Å²) in [6, 6.07) is 11.5. The van der Waals surface area contributed by atoms with E-state index < -0.39 is 7.25 Å². The number of ether oxygens (including phenoxy) is 1. The largest absolute Gasteiger partial charge is 0.673 e. The first-order valence-corrected chi connectivity index (χ1v) is 11.7. The van der Waals surface area contributed by atoms with Gasteiger partial charge in [0.1, 0.15) is 24.4 Å². The van der Waals surface area contributed by atoms with Crippen LogP contribution in [0.2, 0.25) is 0 Å². The Labute approximate surface area is 206 Å². The van der Waals surface area contributed by atoms with E-state index in [0.717, 1.165) is 29.1 Å². The van der Waals surface area contributed by atoms with Gasteiger partial charge in [-0.1, -0.05) is 56.6 Å². The van der Waals surface area contributed by atoms with Gasteiger partial charge in [-0.15, -0.1) is 0 Å². The Kier molecular flexibility index (Phi) is 6.91. The van der Waals surface area contributed by atoms with Gasteiger partial charge in [-0.3, -0.25) is 10.1 Å². The maximum Gasteiger partial charge on any atom is 0.673 e. The third kappa shape index (κ3) is 5.13. The number of hydrogen-bond donors (Lipinski definition) is 0. The van der Waals surface area contributed by atoms with E-state index in [9.17, 15) is 27.4 Å². The zero-order valence-corrected chi connectivity index (χ0v) is 20.4. The molecule has 0 saturated heterocycles. The molecular weight excluding hydrogens is 479 g/mol. The van der Waals surface area contributed by atoms with Crippen molar-refractivity contribution in [2.75, 3.05) is 0 Å². The molecule has 1 aromatic heterocycles. The molecule has 2 aliphatic rings. The molecule has 2 heterocycles. The average molecular weight is 506 g/mol. The second kappa shape index (κ2) is 9.64. The van der Waals surface area contributed by atoms with Crippen LogP contribution in [-0.2, 0) is 17.8 Å². The van der Waals surface area contributed by atoms with E-state index in [4.69, 9.17) is 9.84 Å². The first-order chi connectivity index (χ1) is 16.8. The number of nitrogens with zero attached hydrogens (tertiary/aromatic N) is 4. The first-order valence-electron chi connectivity index (χ1n) is 11.7. The number of nitro benzene ring substituents is 1. The van der Waals surface area contributed by atoms with E-state index in [2.05, 4.69) is 56.8 Å². The zero-order chi connectivity index (χ0) is 26.4. The van der Waals surface area contributed by atoms with Gasteiger partial charge in [0.15, 0.2) is 0 Å². The van der Waals surface area contributed by atoms with Crippen LogP contribution in [0.4, 0.5) is 23.0 Å². The van der Waals surface area contributed by atoms with Crippen LogP contribution in [0.3, 0.4) is 0 Å². The summed E-state index contributed by atoms with van der Waals surface area (Å²) >= 11 is 0. The Bertz CT molecular complexity index is 1260. The lowest BCUT2D eigenvalue weighted by Crippen LogP contribution is -2.51. The highest BCUT2D eigenvalue weighted by Crippen LogP contribution is 2.38. The van der Waals surface area contributed by atoms with Crippen LogP contribution in [0.15, 0.2) is 42.7 Å². The minimum absolute atomic E-state index is 0.0305. The molecule has 1 aliphatic carbocycles. The third-order valence-electron chi connectivity index (χ3n) is 6.48. The molecule has 0 amide bonds. The highest BCUT2D eigenvalue weighted by molar-refractivity contribution is 6.50. The maximum atomic E-state index is 11.3. The standard InChI is InChI=1S/C24H27N4O3.BF4/c1-14(2)18-6-5-7-19(15(3)4)23(18)27-13-26-22(25-27)12-31-21-10-16-8-9-17(28(29)30)11-20(16)24(21)26;2-1(3,4)5/h5-9,11,13-15,21,24H,10,12H2,1-4H3;/q+1;-1/t21-,24+;/m1./s1. The third-order valence-corrected chi connectivity index (χ3v) is 6.48. The van der Waals surface area contributed by atoms with Gasteiger partial charge in [-0.2, -0.15) is 0 Å². The molecule has 0 fully saturated rings. The topological polar surface area (TPSA) is 74.1 Å². The van der Waals surface area contributed by atoms with Crippen molar-refractivity contribution in [3.63, 3.8) is 0 Å². The molecule has 0 spiro atoms. The van der Waals surface area contributed by atoms with E-state index in [1.165, 1.54) is 11.1 Å². The van der Waals surface area contributed by atoms with Crippen LogP contribution in [0.1, 0.15) is 73.7 Å². The molecule has 192 valence electrons. The van der Waals surface area contributed by atoms with Crippen LogP contribution in [0.25, 0.3) is 5.69 Å². The smallest absolute Gasteiger partial charge is 0.418 e. The number of nitro groups is 1. The summed E-state index contributed by atoms with van der Waals surface area (Å²) in [4.78, 5) is 11.0. The Hall–Kier alpha value is -3.28. The number of fused-ring (bicyclic) bond motifs is 5. The van der Waals surface area contributed by atoms with Crippen molar-refractivity contribution < 1.29 is 31.5 Å². The van der Waals surface area contributed by atoms with Crippen LogP contribution >= 0.6 is 0 Å². The van der Waals surface area contributed by atoms with Gasteiger partial charge in [-0.25, -0.2) is 4.57 Å². The number of rotatable bonds is 4. The quantitative estimate of drug-likeness (QED) is 0.151. The summed E-state index contributed by atoms with van der Waals surface area (Å²) in [5, 5.41) is 16.3. The predicted molar refractivity (Wildman–Crippen MR) is 126 cm³/mol. The fraction of sp³-hybridized carbons (Fsp3) is 0.417. The molecule has 1 aliphatic heterocycles. The number of benzene rings is 2. The van der Waals surface area contributed by atoms with Crippen LogP contribution in [0, 0.1) is 10.1 Å². The van der Waals surface area contributed by atoms with Gasteiger partial charge in [0, 0.05) is 29.2 Å². The van der Waals surface area contributed by atoms with Crippen LogP contribution in [0.5, 0.6) is 0 Å². The normalized spacial score (nSPS) is 18.4. The summed E-state index contributed by atoms with van der Waals surface area (Å²) in [5.41, 5.74) is 5.83. The molecule has 36 heavy (non-hydrogen) atoms. The second-order valence-electron chi connectivity index (χ2n) is 9.61. The van der Waals surface area contributed by atoms with E-state index in [0.29, 0.717) is 18.4 Å². The van der Waals surface area contributed by atoms with Crippen molar-refractivity contribution in [2.24, 2.45) is 0 Å². The average Bonchev–Trinajstić information content (AvgIpc) is 3.37. The monoisotopic (exact) mass is 506 g/mol. The van der Waals surface area contributed by atoms with Crippen molar-refractivity contribution >= 4 is 12.9 Å². The van der Waals surface area contributed by atoms with E-state index in [1.54, 1.807) is 12.1 Å². The fourth-order valence-corrected chi connectivity index (χ4v) is 4.95. The van der Waals surface area contributed by atoms with Crippen LogP contribution < -0.4 is 4.57 Å². The molecular formula is C24H27BF4N4O3. The van der Waals surface area contributed by atoms with Gasteiger partial charge in [0.25, 0.3) is 5.69 Å². The number of hydrogen-bond acceptors (Lipinski definition) is 4. The molecule has 5 rings (SSSR count). The van der Waals surface area contributed by atoms with Gasteiger partial charge >= 0.3 is 13.1 Å². The van der Waals surface area contributed by atoms with Crippen molar-refractivity contribution in [3.8, 4) is 5.69 Å². The lowest BCUT2D eigenvalue weighted by Gasteiger charge is -2.23. The minimum atomic E-state index is -6.00. The Morgan fingerprint density at radius 1 is 1.11 bits per heavy atom. The molecule has 0 radical (unpaired) electrons. The van der Waals surface area contributed by atoms with Crippen molar-refractivity contribution in [1.29, 1.82) is 0 Å².